The SMILES string of the molecule is CN(CC(=O)Nc1ccc(Cl)c(Cl)c1)C(=O)[C@@H]1CCCN(C(=O)c2ccco2)C1. The molecule has 1 aromatic carbocycles. The molecule has 3 amide bonds. The van der Waals surface area contributed by atoms with Crippen LogP contribution in [0, 0.1) is 5.92 Å². The molecule has 154 valence electrons. The topological polar surface area (TPSA) is 82.9 Å². The molecule has 1 aliphatic rings. The summed E-state index contributed by atoms with van der Waals surface area (Å²) in [5, 5.41) is 3.41. The lowest BCUT2D eigenvalue weighted by molar-refractivity contribution is -0.138. The van der Waals surface area contributed by atoms with Crippen molar-refractivity contribution in [1.82, 2.24) is 9.80 Å². The van der Waals surface area contributed by atoms with Crippen molar-refractivity contribution in [3.63, 3.8) is 0 Å². The van der Waals surface area contributed by atoms with Gasteiger partial charge in [-0.15, -0.1) is 0 Å². The van der Waals surface area contributed by atoms with E-state index in [2.05, 4.69) is 5.32 Å². The van der Waals surface area contributed by atoms with Crippen molar-refractivity contribution < 1.29 is 18.8 Å². The van der Waals surface area contributed by atoms with Crippen molar-refractivity contribution in [2.45, 2.75) is 12.8 Å². The number of benzene rings is 1. The first kappa shape index (κ1) is 21.2. The average molecular weight is 438 g/mol. The molecule has 3 rings (SSSR count). The second kappa shape index (κ2) is 9.33. The van der Waals surface area contributed by atoms with Gasteiger partial charge in [0.25, 0.3) is 5.91 Å². The maximum absolute atomic E-state index is 12.8. The summed E-state index contributed by atoms with van der Waals surface area (Å²) in [4.78, 5) is 40.5. The van der Waals surface area contributed by atoms with Crippen molar-refractivity contribution >= 4 is 46.6 Å². The lowest BCUT2D eigenvalue weighted by Gasteiger charge is -2.33. The molecule has 1 atom stereocenters. The van der Waals surface area contributed by atoms with Gasteiger partial charge in [0.1, 0.15) is 0 Å². The Balaban J connectivity index is 1.55. The molecule has 0 bridgehead atoms. The van der Waals surface area contributed by atoms with Gasteiger partial charge in [-0.25, -0.2) is 0 Å². The molecule has 2 aromatic rings. The van der Waals surface area contributed by atoms with Gasteiger partial charge in [0.05, 0.1) is 28.8 Å². The third-order valence-corrected chi connectivity index (χ3v) is 5.49. The molecular weight excluding hydrogens is 417 g/mol. The van der Waals surface area contributed by atoms with Crippen LogP contribution in [0.15, 0.2) is 41.0 Å². The number of anilines is 1. The Morgan fingerprint density at radius 2 is 2.03 bits per heavy atom. The minimum absolute atomic E-state index is 0.109. The minimum Gasteiger partial charge on any atom is -0.459 e. The molecular formula is C20H21Cl2N3O4. The van der Waals surface area contributed by atoms with Gasteiger partial charge in [0, 0.05) is 25.8 Å². The fourth-order valence-electron chi connectivity index (χ4n) is 3.30. The van der Waals surface area contributed by atoms with Gasteiger partial charge in [0.2, 0.25) is 11.8 Å². The second-order valence-electron chi connectivity index (χ2n) is 6.94. The Kier molecular flexibility index (Phi) is 6.82. The van der Waals surface area contributed by atoms with Crippen LogP contribution in [0.3, 0.4) is 0 Å². The van der Waals surface area contributed by atoms with Gasteiger partial charge in [-0.3, -0.25) is 14.4 Å². The molecule has 7 nitrogen and oxygen atoms in total. The highest BCUT2D eigenvalue weighted by molar-refractivity contribution is 6.42. The van der Waals surface area contributed by atoms with Crippen LogP contribution in [-0.2, 0) is 9.59 Å². The molecule has 1 fully saturated rings. The minimum atomic E-state index is -0.356. The number of nitrogens with one attached hydrogen (secondary N) is 1. The summed E-state index contributed by atoms with van der Waals surface area (Å²) in [6, 6.07) is 8.02. The van der Waals surface area contributed by atoms with E-state index >= 15 is 0 Å². The third-order valence-electron chi connectivity index (χ3n) is 4.75. The van der Waals surface area contributed by atoms with Gasteiger partial charge < -0.3 is 19.5 Å². The van der Waals surface area contributed by atoms with E-state index in [0.29, 0.717) is 41.7 Å². The Morgan fingerprint density at radius 3 is 2.72 bits per heavy atom. The second-order valence-corrected chi connectivity index (χ2v) is 7.75. The van der Waals surface area contributed by atoms with Crippen LogP contribution in [0.4, 0.5) is 5.69 Å². The molecule has 0 radical (unpaired) electrons. The maximum Gasteiger partial charge on any atom is 0.289 e. The average Bonchev–Trinajstić information content (AvgIpc) is 3.24. The highest BCUT2D eigenvalue weighted by atomic mass is 35.5. The number of piperidine rings is 1. The molecule has 1 N–H and O–H groups in total. The number of rotatable bonds is 5. The quantitative estimate of drug-likeness (QED) is 0.775. The predicted molar refractivity (Wildman–Crippen MR) is 110 cm³/mol. The van der Waals surface area contributed by atoms with E-state index < -0.39 is 0 Å². The first-order chi connectivity index (χ1) is 13.8. The van der Waals surface area contributed by atoms with E-state index in [4.69, 9.17) is 27.6 Å². The van der Waals surface area contributed by atoms with Gasteiger partial charge in [0.15, 0.2) is 5.76 Å². The van der Waals surface area contributed by atoms with E-state index in [1.165, 1.54) is 11.2 Å². The number of nitrogens with zero attached hydrogens (tertiary/aromatic N) is 2. The van der Waals surface area contributed by atoms with E-state index in [1.54, 1.807) is 42.3 Å². The zero-order chi connectivity index (χ0) is 21.0. The maximum atomic E-state index is 12.8. The number of carbonyl (C=O) groups is 3. The van der Waals surface area contributed by atoms with Crippen molar-refractivity contribution in [2.24, 2.45) is 5.92 Å². The highest BCUT2D eigenvalue weighted by Gasteiger charge is 2.31. The summed E-state index contributed by atoms with van der Waals surface area (Å²) in [5.41, 5.74) is 0.498. The molecule has 2 heterocycles. The lowest BCUT2D eigenvalue weighted by atomic mass is 9.96. The van der Waals surface area contributed by atoms with Crippen LogP contribution in [0.1, 0.15) is 23.4 Å². The molecule has 0 saturated carbocycles. The molecule has 1 aliphatic heterocycles. The lowest BCUT2D eigenvalue weighted by Crippen LogP contribution is -2.47. The Labute approximate surface area is 178 Å². The van der Waals surface area contributed by atoms with Crippen LogP contribution in [0.5, 0.6) is 0 Å². The highest BCUT2D eigenvalue weighted by Crippen LogP contribution is 2.25. The number of amides is 3. The van der Waals surface area contributed by atoms with Gasteiger partial charge >= 0.3 is 0 Å². The van der Waals surface area contributed by atoms with E-state index in [1.807, 2.05) is 0 Å². The molecule has 0 unspecified atom stereocenters. The number of hydrogen-bond acceptors (Lipinski definition) is 4. The van der Waals surface area contributed by atoms with E-state index in [9.17, 15) is 14.4 Å². The van der Waals surface area contributed by atoms with Crippen molar-refractivity contribution in [3.8, 4) is 0 Å². The summed E-state index contributed by atoms with van der Waals surface area (Å²) in [7, 11) is 1.57. The standard InChI is InChI=1S/C20H21Cl2N3O4/c1-24(12-18(26)23-14-6-7-15(21)16(22)10-14)19(27)13-4-2-8-25(11-13)20(28)17-5-3-9-29-17/h3,5-7,9-10,13H,2,4,8,11-12H2,1H3,(H,23,26)/t13-/m1/s1. The van der Waals surface area contributed by atoms with E-state index in [0.717, 1.165) is 0 Å². The number of likely N-dealkylation sites (N-methyl/N-ethyl adjacent to an activating group) is 1. The predicted octanol–water partition coefficient (Wildman–Crippen LogP) is 3.54. The fourth-order valence-corrected chi connectivity index (χ4v) is 3.60. The van der Waals surface area contributed by atoms with Crippen molar-refractivity contribution in [1.29, 1.82) is 0 Å². The molecule has 0 spiro atoms. The summed E-state index contributed by atoms with van der Waals surface area (Å²) >= 11 is 11.8. The first-order valence-electron chi connectivity index (χ1n) is 9.18. The van der Waals surface area contributed by atoms with Gasteiger partial charge in [-0.2, -0.15) is 0 Å². The molecule has 0 aliphatic carbocycles. The van der Waals surface area contributed by atoms with Crippen LogP contribution in [0.25, 0.3) is 0 Å². The Bertz CT molecular complexity index is 901. The number of hydrogen-bond donors (Lipinski definition) is 1. The summed E-state index contributed by atoms with van der Waals surface area (Å²) < 4.78 is 5.16. The van der Waals surface area contributed by atoms with Gasteiger partial charge in [-0.05, 0) is 43.2 Å². The van der Waals surface area contributed by atoms with Crippen LogP contribution >= 0.6 is 23.2 Å². The number of carbonyl (C=O) groups excluding carboxylic acids is 3. The fraction of sp³-hybridized carbons (Fsp3) is 0.350. The monoisotopic (exact) mass is 437 g/mol. The molecule has 29 heavy (non-hydrogen) atoms. The smallest absolute Gasteiger partial charge is 0.289 e. The van der Waals surface area contributed by atoms with Crippen LogP contribution in [0.2, 0.25) is 10.0 Å². The third kappa shape index (κ3) is 5.31. The van der Waals surface area contributed by atoms with Crippen molar-refractivity contribution in [3.05, 3.63) is 52.4 Å². The van der Waals surface area contributed by atoms with Crippen molar-refractivity contribution in [2.75, 3.05) is 32.0 Å². The zero-order valence-corrected chi connectivity index (χ0v) is 17.4. The zero-order valence-electron chi connectivity index (χ0n) is 15.9. The molecule has 1 aromatic heterocycles. The van der Waals surface area contributed by atoms with E-state index in [-0.39, 0.29) is 35.9 Å². The molecule has 1 saturated heterocycles. The van der Waals surface area contributed by atoms with Crippen LogP contribution in [-0.4, -0.2) is 54.2 Å². The molecule has 9 heteroatoms. The van der Waals surface area contributed by atoms with Gasteiger partial charge in [-0.1, -0.05) is 23.2 Å². The number of halogens is 2. The first-order valence-corrected chi connectivity index (χ1v) is 9.93. The van der Waals surface area contributed by atoms with Crippen LogP contribution < -0.4 is 5.32 Å². The summed E-state index contributed by atoms with van der Waals surface area (Å²) in [5.74, 6) is -0.852. The summed E-state index contributed by atoms with van der Waals surface area (Å²) in [6.07, 6.45) is 2.83. The number of furan rings is 1. The number of likely N-dealkylation sites (tertiary alicyclic amines) is 1. The largest absolute Gasteiger partial charge is 0.459 e. The summed E-state index contributed by atoms with van der Waals surface area (Å²) in [6.45, 7) is 0.768. The normalized spacial score (nSPS) is 16.4. The Hall–Kier alpha value is -2.51. The Morgan fingerprint density at radius 1 is 1.24 bits per heavy atom.